The lowest BCUT2D eigenvalue weighted by Crippen LogP contribution is -1.93. The molecule has 5 heteroatoms. The monoisotopic (exact) mass is 378 g/mol. The molecule has 3 heterocycles. The molecule has 0 saturated heterocycles. The van der Waals surface area contributed by atoms with Gasteiger partial charge in [-0.25, -0.2) is 4.98 Å². The van der Waals surface area contributed by atoms with Gasteiger partial charge < -0.3 is 9.67 Å². The van der Waals surface area contributed by atoms with Crippen LogP contribution in [0.5, 0.6) is 5.75 Å². The molecule has 5 aromatic rings. The Morgan fingerprint density at radius 2 is 1.69 bits per heavy atom. The van der Waals surface area contributed by atoms with Crippen molar-refractivity contribution >= 4 is 11.0 Å². The zero-order valence-electron chi connectivity index (χ0n) is 15.8. The summed E-state index contributed by atoms with van der Waals surface area (Å²) in [5.74, 6) is 0.817. The van der Waals surface area contributed by atoms with Crippen LogP contribution in [0.4, 0.5) is 0 Å². The van der Waals surface area contributed by atoms with Crippen LogP contribution in [-0.2, 0) is 7.05 Å². The number of aryl methyl sites for hydroxylation is 1. The van der Waals surface area contributed by atoms with Crippen molar-refractivity contribution in [1.29, 1.82) is 0 Å². The summed E-state index contributed by atoms with van der Waals surface area (Å²) in [4.78, 5) is 13.3. The van der Waals surface area contributed by atoms with Crippen LogP contribution in [0.2, 0.25) is 0 Å². The molecule has 0 aliphatic heterocycles. The van der Waals surface area contributed by atoms with Crippen LogP contribution in [0.15, 0.2) is 85.3 Å². The first kappa shape index (κ1) is 17.1. The molecule has 0 atom stereocenters. The Bertz CT molecular complexity index is 1330. The number of rotatable bonds is 3. The molecule has 0 aliphatic carbocycles. The van der Waals surface area contributed by atoms with Crippen LogP contribution in [0, 0.1) is 0 Å². The average Bonchev–Trinajstić information content (AvgIpc) is 3.11. The van der Waals surface area contributed by atoms with E-state index in [1.54, 1.807) is 18.5 Å². The maximum absolute atomic E-state index is 10.2. The van der Waals surface area contributed by atoms with Crippen molar-refractivity contribution < 1.29 is 5.11 Å². The second kappa shape index (κ2) is 6.87. The van der Waals surface area contributed by atoms with Gasteiger partial charge in [-0.05, 0) is 35.9 Å². The van der Waals surface area contributed by atoms with Crippen molar-refractivity contribution in [1.82, 2.24) is 19.5 Å². The Morgan fingerprint density at radius 1 is 0.828 bits per heavy atom. The number of pyridine rings is 2. The summed E-state index contributed by atoms with van der Waals surface area (Å²) < 4.78 is 2.00. The summed E-state index contributed by atoms with van der Waals surface area (Å²) in [6.45, 7) is 0. The molecule has 1 N–H and O–H groups in total. The lowest BCUT2D eigenvalue weighted by molar-refractivity contribution is 0.474. The number of para-hydroxylation sites is 1. The highest BCUT2D eigenvalue weighted by molar-refractivity contribution is 5.95. The molecule has 140 valence electrons. The molecule has 0 amide bonds. The van der Waals surface area contributed by atoms with E-state index in [1.807, 2.05) is 48.0 Å². The quantitative estimate of drug-likeness (QED) is 0.476. The first-order valence-corrected chi connectivity index (χ1v) is 9.33. The van der Waals surface area contributed by atoms with E-state index in [-0.39, 0.29) is 5.75 Å². The molecule has 0 spiro atoms. The molecule has 29 heavy (non-hydrogen) atoms. The van der Waals surface area contributed by atoms with Crippen molar-refractivity contribution in [3.63, 3.8) is 0 Å². The third-order valence-electron chi connectivity index (χ3n) is 5.09. The second-order valence-electron chi connectivity index (χ2n) is 6.86. The Labute approximate surface area is 168 Å². The molecule has 0 fully saturated rings. The highest BCUT2D eigenvalue weighted by Crippen LogP contribution is 2.35. The highest BCUT2D eigenvalue weighted by atomic mass is 16.3. The number of hydrogen-bond acceptors (Lipinski definition) is 4. The zero-order chi connectivity index (χ0) is 19.8. The van der Waals surface area contributed by atoms with E-state index in [1.165, 1.54) is 6.20 Å². The third kappa shape index (κ3) is 2.93. The smallest absolute Gasteiger partial charge is 0.144 e. The van der Waals surface area contributed by atoms with Crippen molar-refractivity contribution in [2.24, 2.45) is 7.05 Å². The minimum atomic E-state index is 0.115. The summed E-state index contributed by atoms with van der Waals surface area (Å²) in [7, 11) is 1.96. The van der Waals surface area contributed by atoms with Crippen LogP contribution in [0.3, 0.4) is 0 Å². The van der Waals surface area contributed by atoms with Crippen molar-refractivity contribution in [2.75, 3.05) is 0 Å². The number of aromatic nitrogens is 4. The van der Waals surface area contributed by atoms with Crippen molar-refractivity contribution in [3.8, 4) is 39.5 Å². The highest BCUT2D eigenvalue weighted by Gasteiger charge is 2.16. The number of benzene rings is 2. The van der Waals surface area contributed by atoms with E-state index in [2.05, 4.69) is 34.2 Å². The van der Waals surface area contributed by atoms with Crippen LogP contribution in [0.25, 0.3) is 44.8 Å². The molecule has 0 unspecified atom stereocenters. The van der Waals surface area contributed by atoms with Gasteiger partial charge in [-0.2, -0.15) is 0 Å². The number of aromatic hydroxyl groups is 1. The summed E-state index contributed by atoms with van der Waals surface area (Å²) >= 11 is 0. The standard InChI is InChI=1S/C24H18N4O/c1-28-21-10-5-8-18(23(21)27-24(28)19-11-13-25-15-22(19)29)16-6-4-7-17(14-16)20-9-2-3-12-26-20/h2-15,29H,1H3. The lowest BCUT2D eigenvalue weighted by atomic mass is 10.0. The summed E-state index contributed by atoms with van der Waals surface area (Å²) in [6.07, 6.45) is 4.90. The van der Waals surface area contributed by atoms with Gasteiger partial charge in [0.1, 0.15) is 11.6 Å². The number of hydrogen-bond donors (Lipinski definition) is 1. The molecular formula is C24H18N4O. The fraction of sp³-hybridized carbons (Fsp3) is 0.0417. The molecule has 2 aromatic carbocycles. The largest absolute Gasteiger partial charge is 0.506 e. The minimum Gasteiger partial charge on any atom is -0.506 e. The van der Waals surface area contributed by atoms with Crippen LogP contribution in [0.1, 0.15) is 0 Å². The van der Waals surface area contributed by atoms with Crippen molar-refractivity contribution in [2.45, 2.75) is 0 Å². The number of imidazole rings is 1. The summed E-state index contributed by atoms with van der Waals surface area (Å²) in [5, 5.41) is 10.2. The van der Waals surface area contributed by atoms with Gasteiger partial charge in [0, 0.05) is 30.6 Å². The van der Waals surface area contributed by atoms with E-state index in [0.29, 0.717) is 11.4 Å². The van der Waals surface area contributed by atoms with Crippen molar-refractivity contribution in [3.05, 3.63) is 85.3 Å². The molecule has 5 rings (SSSR count). The Balaban J connectivity index is 1.69. The second-order valence-corrected chi connectivity index (χ2v) is 6.86. The van der Waals surface area contributed by atoms with E-state index >= 15 is 0 Å². The van der Waals surface area contributed by atoms with E-state index in [9.17, 15) is 5.11 Å². The van der Waals surface area contributed by atoms with Gasteiger partial charge in [-0.3, -0.25) is 9.97 Å². The summed E-state index contributed by atoms with van der Waals surface area (Å²) in [6, 6.07) is 22.1. The van der Waals surface area contributed by atoms with Gasteiger partial charge >= 0.3 is 0 Å². The first-order chi connectivity index (χ1) is 14.2. The zero-order valence-corrected chi connectivity index (χ0v) is 15.8. The van der Waals surface area contributed by atoms with Gasteiger partial charge in [0.15, 0.2) is 0 Å². The van der Waals surface area contributed by atoms with E-state index in [4.69, 9.17) is 4.98 Å². The first-order valence-electron chi connectivity index (χ1n) is 9.33. The minimum absolute atomic E-state index is 0.115. The molecule has 0 saturated carbocycles. The third-order valence-corrected chi connectivity index (χ3v) is 5.09. The van der Waals surface area contributed by atoms with Gasteiger partial charge in [-0.1, -0.05) is 36.4 Å². The fourth-order valence-electron chi connectivity index (χ4n) is 3.64. The molecule has 0 bridgehead atoms. The van der Waals surface area contributed by atoms with Crippen LogP contribution in [-0.4, -0.2) is 24.6 Å². The maximum Gasteiger partial charge on any atom is 0.144 e. The van der Waals surface area contributed by atoms with Gasteiger partial charge in [-0.15, -0.1) is 0 Å². The predicted molar refractivity (Wildman–Crippen MR) is 114 cm³/mol. The molecule has 3 aromatic heterocycles. The number of fused-ring (bicyclic) bond motifs is 1. The SMILES string of the molecule is Cn1c(-c2ccncc2O)nc2c(-c3cccc(-c4ccccn4)c3)cccc21. The molecule has 0 aliphatic rings. The van der Waals surface area contributed by atoms with Gasteiger partial charge in [0.2, 0.25) is 0 Å². The topological polar surface area (TPSA) is 63.8 Å². The normalized spacial score (nSPS) is 11.1. The summed E-state index contributed by atoms with van der Waals surface area (Å²) in [5.41, 5.74) is 6.65. The van der Waals surface area contributed by atoms with Gasteiger partial charge in [0.25, 0.3) is 0 Å². The molecular weight excluding hydrogens is 360 g/mol. The fourth-order valence-corrected chi connectivity index (χ4v) is 3.64. The Kier molecular flexibility index (Phi) is 4.06. The van der Waals surface area contributed by atoms with Crippen LogP contribution >= 0.6 is 0 Å². The average molecular weight is 378 g/mol. The molecule has 5 nitrogen and oxygen atoms in total. The van der Waals surface area contributed by atoms with Crippen LogP contribution < -0.4 is 0 Å². The Hall–Kier alpha value is -3.99. The predicted octanol–water partition coefficient (Wildman–Crippen LogP) is 5.07. The van der Waals surface area contributed by atoms with E-state index < -0.39 is 0 Å². The van der Waals surface area contributed by atoms with E-state index in [0.717, 1.165) is 33.4 Å². The maximum atomic E-state index is 10.2. The molecule has 0 radical (unpaired) electrons. The Morgan fingerprint density at radius 3 is 2.52 bits per heavy atom. The number of nitrogens with zero attached hydrogens (tertiary/aromatic N) is 4. The lowest BCUT2D eigenvalue weighted by Gasteiger charge is -2.06. The van der Waals surface area contributed by atoms with Gasteiger partial charge in [0.05, 0.1) is 28.5 Å².